The van der Waals surface area contributed by atoms with Gasteiger partial charge in [-0.25, -0.2) is 4.79 Å². The number of rotatable bonds is 1. The van der Waals surface area contributed by atoms with Gasteiger partial charge in [0.15, 0.2) is 5.82 Å². The predicted molar refractivity (Wildman–Crippen MR) is 66.3 cm³/mol. The van der Waals surface area contributed by atoms with Gasteiger partial charge in [0.1, 0.15) is 6.23 Å². The van der Waals surface area contributed by atoms with Crippen molar-refractivity contribution in [2.24, 2.45) is 0 Å². The molecular weight excluding hydrogens is 248 g/mol. The monoisotopic (exact) mass is 264 g/mol. The summed E-state index contributed by atoms with van der Waals surface area (Å²) in [7, 11) is 0. The number of amides is 2. The first-order chi connectivity index (χ1) is 9.04. The second kappa shape index (κ2) is 4.43. The van der Waals surface area contributed by atoms with Gasteiger partial charge in [-0.05, 0) is 19.9 Å². The Morgan fingerprint density at radius 1 is 1.53 bits per heavy atom. The highest BCUT2D eigenvalue weighted by molar-refractivity contribution is 5.91. The molecule has 1 saturated heterocycles. The van der Waals surface area contributed by atoms with E-state index in [1.54, 1.807) is 11.8 Å². The van der Waals surface area contributed by atoms with Gasteiger partial charge in [0.2, 0.25) is 0 Å². The van der Waals surface area contributed by atoms with Crippen LogP contribution in [0.1, 0.15) is 24.6 Å². The molecule has 0 spiro atoms. The zero-order chi connectivity index (χ0) is 13.6. The van der Waals surface area contributed by atoms with E-state index in [9.17, 15) is 9.90 Å². The Morgan fingerprint density at radius 2 is 2.32 bits per heavy atom. The first kappa shape index (κ1) is 12.3. The van der Waals surface area contributed by atoms with Crippen LogP contribution in [0, 0.1) is 6.92 Å². The Labute approximate surface area is 110 Å². The standard InChI is InChI=1S/C12H16N4O3/c1-6-3-8-5-16(10-4-9(17)7(2)19-10)12(18)13-11(8)15-14-6/h3,7,9-10,17H,4-5H2,1-2H3,(H,13,15,18). The lowest BCUT2D eigenvalue weighted by molar-refractivity contribution is -0.0386. The third-order valence-corrected chi connectivity index (χ3v) is 3.53. The van der Waals surface area contributed by atoms with Crippen molar-refractivity contribution in [1.82, 2.24) is 15.1 Å². The van der Waals surface area contributed by atoms with Crippen LogP contribution < -0.4 is 5.32 Å². The fraction of sp³-hybridized carbons (Fsp3) is 0.583. The number of hydrogen-bond donors (Lipinski definition) is 2. The molecule has 2 aliphatic rings. The summed E-state index contributed by atoms with van der Waals surface area (Å²) in [6, 6.07) is 1.63. The van der Waals surface area contributed by atoms with Crippen LogP contribution >= 0.6 is 0 Å². The van der Waals surface area contributed by atoms with Crippen molar-refractivity contribution in [3.63, 3.8) is 0 Å². The van der Waals surface area contributed by atoms with Crippen molar-refractivity contribution in [3.05, 3.63) is 17.3 Å². The number of nitrogens with zero attached hydrogens (tertiary/aromatic N) is 3. The van der Waals surface area contributed by atoms with Crippen LogP contribution in [0.3, 0.4) is 0 Å². The van der Waals surface area contributed by atoms with Gasteiger partial charge >= 0.3 is 6.03 Å². The van der Waals surface area contributed by atoms with Gasteiger partial charge in [0.05, 0.1) is 24.4 Å². The number of carbonyl (C=O) groups excluding carboxylic acids is 1. The SMILES string of the molecule is Cc1cc2c(nn1)NC(=O)N(C1CC(O)C(C)O1)C2. The minimum Gasteiger partial charge on any atom is -0.390 e. The molecule has 7 nitrogen and oxygen atoms in total. The van der Waals surface area contributed by atoms with Crippen LogP contribution in [-0.2, 0) is 11.3 Å². The summed E-state index contributed by atoms with van der Waals surface area (Å²) in [4.78, 5) is 13.6. The van der Waals surface area contributed by atoms with E-state index < -0.39 is 12.3 Å². The van der Waals surface area contributed by atoms with Crippen molar-refractivity contribution in [2.75, 3.05) is 5.32 Å². The number of aryl methyl sites for hydroxylation is 1. The summed E-state index contributed by atoms with van der Waals surface area (Å²) < 4.78 is 5.61. The molecule has 1 fully saturated rings. The summed E-state index contributed by atoms with van der Waals surface area (Å²) in [6.07, 6.45) is -0.749. The van der Waals surface area contributed by atoms with E-state index in [-0.39, 0.29) is 12.1 Å². The molecule has 7 heteroatoms. The lowest BCUT2D eigenvalue weighted by atomic mass is 10.1. The number of aliphatic hydroxyl groups is 1. The Bertz CT molecular complexity index is 512. The van der Waals surface area contributed by atoms with E-state index in [1.165, 1.54) is 0 Å². The van der Waals surface area contributed by atoms with Gasteiger partial charge in [0.25, 0.3) is 0 Å². The number of aromatic nitrogens is 2. The Kier molecular flexibility index (Phi) is 2.87. The maximum Gasteiger partial charge on any atom is 0.325 e. The van der Waals surface area contributed by atoms with Crippen molar-refractivity contribution in [3.8, 4) is 0 Å². The van der Waals surface area contributed by atoms with Gasteiger partial charge in [-0.2, -0.15) is 5.10 Å². The Hall–Kier alpha value is -1.73. The van der Waals surface area contributed by atoms with E-state index >= 15 is 0 Å². The minimum atomic E-state index is -0.531. The van der Waals surface area contributed by atoms with Crippen LogP contribution in [0.2, 0.25) is 0 Å². The molecule has 0 aliphatic carbocycles. The third kappa shape index (κ3) is 2.15. The summed E-state index contributed by atoms with van der Waals surface area (Å²) in [5.74, 6) is 0.499. The van der Waals surface area contributed by atoms with Crippen LogP contribution in [0.15, 0.2) is 6.07 Å². The summed E-state index contributed by atoms with van der Waals surface area (Å²) in [5, 5.41) is 20.3. The second-order valence-electron chi connectivity index (χ2n) is 5.02. The first-order valence-electron chi connectivity index (χ1n) is 6.29. The molecular formula is C12H16N4O3. The number of carbonyl (C=O) groups is 1. The molecule has 0 aromatic carbocycles. The van der Waals surface area contributed by atoms with Crippen LogP contribution in [0.5, 0.6) is 0 Å². The summed E-state index contributed by atoms with van der Waals surface area (Å²) in [5.41, 5.74) is 1.71. The maximum absolute atomic E-state index is 12.0. The van der Waals surface area contributed by atoms with E-state index in [1.807, 2.05) is 13.0 Å². The fourth-order valence-corrected chi connectivity index (χ4v) is 2.42. The molecule has 3 unspecified atom stereocenters. The zero-order valence-electron chi connectivity index (χ0n) is 10.8. The van der Waals surface area contributed by atoms with Crippen molar-refractivity contribution in [2.45, 2.75) is 45.2 Å². The van der Waals surface area contributed by atoms with Crippen LogP contribution in [-0.4, -0.2) is 44.7 Å². The number of fused-ring (bicyclic) bond motifs is 1. The number of aliphatic hydroxyl groups excluding tert-OH is 1. The number of ether oxygens (including phenoxy) is 1. The van der Waals surface area contributed by atoms with E-state index in [0.29, 0.717) is 18.8 Å². The van der Waals surface area contributed by atoms with Gasteiger partial charge in [0, 0.05) is 12.0 Å². The normalized spacial score (nSPS) is 30.2. The number of nitrogens with one attached hydrogen (secondary N) is 1. The lowest BCUT2D eigenvalue weighted by Gasteiger charge is -2.32. The highest BCUT2D eigenvalue weighted by Gasteiger charge is 2.38. The lowest BCUT2D eigenvalue weighted by Crippen LogP contribution is -2.45. The van der Waals surface area contributed by atoms with Crippen LogP contribution in [0.4, 0.5) is 10.6 Å². The molecule has 19 heavy (non-hydrogen) atoms. The van der Waals surface area contributed by atoms with Gasteiger partial charge in [-0.15, -0.1) is 5.10 Å². The van der Waals surface area contributed by atoms with Gasteiger partial charge in [-0.3, -0.25) is 10.2 Å². The van der Waals surface area contributed by atoms with E-state index in [2.05, 4.69) is 15.5 Å². The Balaban J connectivity index is 1.83. The molecule has 1 aromatic rings. The Morgan fingerprint density at radius 3 is 3.00 bits per heavy atom. The third-order valence-electron chi connectivity index (χ3n) is 3.53. The number of urea groups is 1. The maximum atomic E-state index is 12.0. The van der Waals surface area contributed by atoms with Crippen molar-refractivity contribution >= 4 is 11.8 Å². The van der Waals surface area contributed by atoms with Gasteiger partial charge in [-0.1, -0.05) is 0 Å². The molecule has 2 N–H and O–H groups in total. The summed E-state index contributed by atoms with van der Waals surface area (Å²) in [6.45, 7) is 4.07. The van der Waals surface area contributed by atoms with Crippen molar-refractivity contribution < 1.29 is 14.6 Å². The second-order valence-corrected chi connectivity index (χ2v) is 5.02. The largest absolute Gasteiger partial charge is 0.390 e. The molecule has 0 saturated carbocycles. The first-order valence-corrected chi connectivity index (χ1v) is 6.29. The molecule has 2 amide bonds. The fourth-order valence-electron chi connectivity index (χ4n) is 2.42. The smallest absolute Gasteiger partial charge is 0.325 e. The van der Waals surface area contributed by atoms with E-state index in [4.69, 9.17) is 4.74 Å². The predicted octanol–water partition coefficient (Wildman–Crippen LogP) is 0.628. The molecule has 1 aromatic heterocycles. The quantitative estimate of drug-likeness (QED) is 0.776. The average molecular weight is 264 g/mol. The molecule has 2 aliphatic heterocycles. The van der Waals surface area contributed by atoms with Crippen LogP contribution in [0.25, 0.3) is 0 Å². The number of hydrogen-bond acceptors (Lipinski definition) is 5. The average Bonchev–Trinajstić information content (AvgIpc) is 2.69. The highest BCUT2D eigenvalue weighted by atomic mass is 16.5. The minimum absolute atomic E-state index is 0.253. The highest BCUT2D eigenvalue weighted by Crippen LogP contribution is 2.29. The molecule has 102 valence electrons. The molecule has 3 atom stereocenters. The van der Waals surface area contributed by atoms with Crippen molar-refractivity contribution in [1.29, 1.82) is 0 Å². The zero-order valence-corrected chi connectivity index (χ0v) is 10.8. The molecule has 3 heterocycles. The van der Waals surface area contributed by atoms with Gasteiger partial charge < -0.3 is 9.84 Å². The topological polar surface area (TPSA) is 87.6 Å². The van der Waals surface area contributed by atoms with E-state index in [0.717, 1.165) is 11.3 Å². The molecule has 0 bridgehead atoms. The summed E-state index contributed by atoms with van der Waals surface area (Å²) >= 11 is 0. The number of anilines is 1. The molecule has 0 radical (unpaired) electrons. The molecule has 3 rings (SSSR count).